The lowest BCUT2D eigenvalue weighted by Crippen LogP contribution is -1.94. The number of methoxy groups -OCH3 is 1. The Morgan fingerprint density at radius 2 is 1.67 bits per heavy atom. The Morgan fingerprint density at radius 1 is 0.967 bits per heavy atom. The molecule has 4 rings (SSSR count). The molecular weight excluding hydrogens is 396 g/mol. The fourth-order valence-electron chi connectivity index (χ4n) is 2.82. The third-order valence-corrected chi connectivity index (χ3v) is 5.53. The van der Waals surface area contributed by atoms with Crippen LogP contribution in [-0.2, 0) is 11.0 Å². The summed E-state index contributed by atoms with van der Waals surface area (Å²) in [7, 11) is 0.217. The molecule has 3 aromatic carbocycles. The smallest absolute Gasteiger partial charge is 0.172 e. The minimum atomic E-state index is -1.42. The molecule has 0 radical (unpaired) electrons. The maximum Gasteiger partial charge on any atom is 0.172 e. The lowest BCUT2D eigenvalue weighted by Gasteiger charge is -2.02. The molecule has 0 amide bonds. The highest BCUT2D eigenvalue weighted by Crippen LogP contribution is 2.20. The molecule has 0 N–H and O–H groups in total. The third kappa shape index (κ3) is 4.52. The van der Waals surface area contributed by atoms with Crippen molar-refractivity contribution in [1.82, 2.24) is 15.0 Å². The Labute approximate surface area is 177 Å². The summed E-state index contributed by atoms with van der Waals surface area (Å²) in [4.78, 5) is 0.684. The highest BCUT2D eigenvalue weighted by Gasteiger charge is 2.06. The van der Waals surface area contributed by atoms with Crippen LogP contribution in [0.1, 0.15) is 11.1 Å². The average molecular weight is 417 g/mol. The van der Waals surface area contributed by atoms with E-state index >= 15 is 0 Å². The maximum absolute atomic E-state index is 12.3. The van der Waals surface area contributed by atoms with Gasteiger partial charge in [-0.2, -0.15) is 4.40 Å². The van der Waals surface area contributed by atoms with Crippen molar-refractivity contribution >= 4 is 17.2 Å². The molecule has 1 aromatic heterocycles. The number of hydrogen-bond donors (Lipinski definition) is 0. The second-order valence-electron chi connectivity index (χ2n) is 6.67. The van der Waals surface area contributed by atoms with E-state index in [9.17, 15) is 4.21 Å². The summed E-state index contributed by atoms with van der Waals surface area (Å²) in [6.45, 7) is 1.99. The van der Waals surface area contributed by atoms with E-state index in [2.05, 4.69) is 14.7 Å². The number of aryl methyl sites for hydroxylation is 1. The predicted octanol–water partition coefficient (Wildman–Crippen LogP) is 4.39. The molecule has 150 valence electrons. The van der Waals surface area contributed by atoms with Crippen molar-refractivity contribution in [2.75, 3.05) is 7.11 Å². The summed E-state index contributed by atoms with van der Waals surface area (Å²) in [5.41, 5.74) is 4.59. The van der Waals surface area contributed by atoms with Crippen molar-refractivity contribution in [3.05, 3.63) is 90.1 Å². The zero-order valence-corrected chi connectivity index (χ0v) is 17.4. The first kappa shape index (κ1) is 19.7. The van der Waals surface area contributed by atoms with Crippen LogP contribution >= 0.6 is 0 Å². The molecule has 0 fully saturated rings. The van der Waals surface area contributed by atoms with E-state index < -0.39 is 11.0 Å². The average Bonchev–Trinajstić information content (AvgIpc) is 3.29. The van der Waals surface area contributed by atoms with Crippen molar-refractivity contribution in [3.63, 3.8) is 0 Å². The van der Waals surface area contributed by atoms with Gasteiger partial charge in [0.2, 0.25) is 0 Å². The van der Waals surface area contributed by atoms with Crippen LogP contribution in [0.15, 0.2) is 88.3 Å². The van der Waals surface area contributed by atoms with Gasteiger partial charge in [-0.15, -0.1) is 5.10 Å². The van der Waals surface area contributed by atoms with Crippen LogP contribution in [0.25, 0.3) is 16.9 Å². The normalized spacial score (nSPS) is 12.2. The first-order valence-electron chi connectivity index (χ1n) is 9.32. The Hall–Kier alpha value is -3.58. The monoisotopic (exact) mass is 416 g/mol. The molecule has 0 spiro atoms. The van der Waals surface area contributed by atoms with Crippen molar-refractivity contribution < 1.29 is 8.95 Å². The molecule has 0 aliphatic rings. The van der Waals surface area contributed by atoms with E-state index in [0.717, 1.165) is 33.8 Å². The molecule has 0 saturated heterocycles. The van der Waals surface area contributed by atoms with Gasteiger partial charge in [0, 0.05) is 11.8 Å². The number of ether oxygens (including phenoxy) is 1. The number of aromatic nitrogens is 3. The molecule has 1 atom stereocenters. The Morgan fingerprint density at radius 3 is 2.33 bits per heavy atom. The van der Waals surface area contributed by atoms with Crippen LogP contribution in [-0.4, -0.2) is 32.5 Å². The SMILES string of the molecule is COc1ccc(-n2cc(-c3ccc(/C=N/S(=O)c4ccc(C)cc4)cc3)nn2)cc1. The number of benzene rings is 3. The minimum Gasteiger partial charge on any atom is -0.497 e. The standard InChI is InChI=1S/C23H20N4O2S/c1-17-3-13-22(14-4-17)30(28)24-15-18-5-7-19(8-6-18)23-16-27(26-25-23)20-9-11-21(29-2)12-10-20/h3-16H,1-2H3/b24-15+. The quantitative estimate of drug-likeness (QED) is 0.437. The van der Waals surface area contributed by atoms with E-state index in [-0.39, 0.29) is 0 Å². The van der Waals surface area contributed by atoms with Gasteiger partial charge in [-0.1, -0.05) is 47.2 Å². The summed E-state index contributed by atoms with van der Waals surface area (Å²) in [6.07, 6.45) is 3.49. The second-order valence-corrected chi connectivity index (χ2v) is 7.85. The van der Waals surface area contributed by atoms with Crippen molar-refractivity contribution in [1.29, 1.82) is 0 Å². The Bertz CT molecular complexity index is 1180. The number of nitrogens with zero attached hydrogens (tertiary/aromatic N) is 4. The molecule has 6 nitrogen and oxygen atoms in total. The van der Waals surface area contributed by atoms with Gasteiger partial charge in [0.15, 0.2) is 11.0 Å². The fraction of sp³-hybridized carbons (Fsp3) is 0.0870. The lowest BCUT2D eigenvalue weighted by molar-refractivity contribution is 0.414. The maximum atomic E-state index is 12.3. The van der Waals surface area contributed by atoms with Gasteiger partial charge in [-0.3, -0.25) is 0 Å². The largest absolute Gasteiger partial charge is 0.497 e. The minimum absolute atomic E-state index is 0.684. The van der Waals surface area contributed by atoms with Crippen LogP contribution in [0, 0.1) is 6.92 Å². The summed E-state index contributed by atoms with van der Waals surface area (Å²) in [6, 6.07) is 22.8. The molecule has 0 bridgehead atoms. The zero-order chi connectivity index (χ0) is 20.9. The summed E-state index contributed by atoms with van der Waals surface area (Å²) >= 11 is 0. The van der Waals surface area contributed by atoms with Crippen molar-refractivity contribution in [2.45, 2.75) is 11.8 Å². The Kier molecular flexibility index (Phi) is 5.81. The zero-order valence-electron chi connectivity index (χ0n) is 16.6. The van der Waals surface area contributed by atoms with Crippen LogP contribution in [0.5, 0.6) is 5.75 Å². The lowest BCUT2D eigenvalue weighted by atomic mass is 10.1. The topological polar surface area (TPSA) is 69.4 Å². The Balaban J connectivity index is 1.46. The third-order valence-electron chi connectivity index (χ3n) is 4.56. The highest BCUT2D eigenvalue weighted by atomic mass is 32.2. The van der Waals surface area contributed by atoms with E-state index in [1.165, 1.54) is 0 Å². The van der Waals surface area contributed by atoms with Crippen molar-refractivity contribution in [2.24, 2.45) is 4.40 Å². The predicted molar refractivity (Wildman–Crippen MR) is 119 cm³/mol. The van der Waals surface area contributed by atoms with Gasteiger partial charge >= 0.3 is 0 Å². The number of rotatable bonds is 6. The van der Waals surface area contributed by atoms with Gasteiger partial charge in [0.05, 0.1) is 23.9 Å². The first-order chi connectivity index (χ1) is 14.6. The molecule has 4 aromatic rings. The molecule has 1 unspecified atom stereocenters. The second kappa shape index (κ2) is 8.84. The van der Waals surface area contributed by atoms with Gasteiger partial charge < -0.3 is 4.74 Å². The van der Waals surface area contributed by atoms with Crippen LogP contribution in [0.3, 0.4) is 0 Å². The van der Waals surface area contributed by atoms with E-state index in [1.807, 2.05) is 85.9 Å². The van der Waals surface area contributed by atoms with E-state index in [4.69, 9.17) is 4.74 Å². The molecular formula is C23H20N4O2S. The van der Waals surface area contributed by atoms with Gasteiger partial charge in [0.25, 0.3) is 0 Å². The fourth-order valence-corrected chi connectivity index (χ4v) is 3.53. The van der Waals surface area contributed by atoms with Crippen LogP contribution in [0.4, 0.5) is 0 Å². The summed E-state index contributed by atoms with van der Waals surface area (Å²) in [5.74, 6) is 0.791. The summed E-state index contributed by atoms with van der Waals surface area (Å²) in [5, 5.41) is 8.45. The van der Waals surface area contributed by atoms with E-state index in [1.54, 1.807) is 18.0 Å². The molecule has 0 aliphatic carbocycles. The van der Waals surface area contributed by atoms with Gasteiger partial charge in [-0.25, -0.2) is 8.89 Å². The first-order valence-corrected chi connectivity index (χ1v) is 10.4. The van der Waals surface area contributed by atoms with Gasteiger partial charge in [0.1, 0.15) is 11.4 Å². The highest BCUT2D eigenvalue weighted by molar-refractivity contribution is 7.83. The van der Waals surface area contributed by atoms with Crippen molar-refractivity contribution in [3.8, 4) is 22.7 Å². The summed E-state index contributed by atoms with van der Waals surface area (Å²) < 4.78 is 23.3. The molecule has 1 heterocycles. The molecule has 0 aliphatic heterocycles. The van der Waals surface area contributed by atoms with Gasteiger partial charge in [-0.05, 0) is 48.9 Å². The molecule has 0 saturated carbocycles. The van der Waals surface area contributed by atoms with E-state index in [0.29, 0.717) is 4.90 Å². The molecule has 7 heteroatoms. The van der Waals surface area contributed by atoms with Crippen LogP contribution < -0.4 is 4.74 Å². The number of hydrogen-bond acceptors (Lipinski definition) is 4. The van der Waals surface area contributed by atoms with Crippen LogP contribution in [0.2, 0.25) is 0 Å². The molecule has 30 heavy (non-hydrogen) atoms.